The van der Waals surface area contributed by atoms with E-state index in [0.717, 1.165) is 11.1 Å². The molecule has 0 radical (unpaired) electrons. The Morgan fingerprint density at radius 3 is 2.40 bits per heavy atom. The Labute approximate surface area is 179 Å². The molecule has 30 heavy (non-hydrogen) atoms. The summed E-state index contributed by atoms with van der Waals surface area (Å²) in [6, 6.07) is 17.7. The van der Waals surface area contributed by atoms with Crippen LogP contribution in [0.2, 0.25) is 5.02 Å². The zero-order chi connectivity index (χ0) is 21.3. The SMILES string of the molecule is O=C(Nc1cccc(F)c1)[C@H]1Cc2ccccc2CN1S(=O)(=O)c1ccc(Cl)cc1. The molecule has 1 atom stereocenters. The number of carbonyl (C=O) groups excluding carboxylic acids is 1. The number of halogens is 2. The van der Waals surface area contributed by atoms with Crippen molar-refractivity contribution in [3.05, 3.63) is 94.8 Å². The minimum atomic E-state index is -3.98. The number of benzene rings is 3. The number of hydrogen-bond acceptors (Lipinski definition) is 3. The first-order chi connectivity index (χ1) is 14.3. The smallest absolute Gasteiger partial charge is 0.244 e. The number of amides is 1. The van der Waals surface area contributed by atoms with Gasteiger partial charge in [-0.2, -0.15) is 4.31 Å². The van der Waals surface area contributed by atoms with Crippen LogP contribution in [0.25, 0.3) is 0 Å². The first-order valence-electron chi connectivity index (χ1n) is 9.25. The predicted octanol–water partition coefficient (Wildman–Crippen LogP) is 4.23. The first kappa shape index (κ1) is 20.5. The number of carbonyl (C=O) groups is 1. The molecular weight excluding hydrogens is 427 g/mol. The molecule has 1 amide bonds. The molecule has 0 aromatic heterocycles. The summed E-state index contributed by atoms with van der Waals surface area (Å²) < 4.78 is 41.4. The van der Waals surface area contributed by atoms with E-state index < -0.39 is 27.8 Å². The fraction of sp³-hybridized carbons (Fsp3) is 0.136. The van der Waals surface area contributed by atoms with E-state index in [4.69, 9.17) is 11.6 Å². The van der Waals surface area contributed by atoms with E-state index in [-0.39, 0.29) is 23.5 Å². The van der Waals surface area contributed by atoms with Gasteiger partial charge in [-0.1, -0.05) is 41.9 Å². The topological polar surface area (TPSA) is 66.5 Å². The first-order valence-corrected chi connectivity index (χ1v) is 11.1. The lowest BCUT2D eigenvalue weighted by atomic mass is 9.95. The van der Waals surface area contributed by atoms with Gasteiger partial charge < -0.3 is 5.32 Å². The van der Waals surface area contributed by atoms with Crippen LogP contribution < -0.4 is 5.32 Å². The van der Waals surface area contributed by atoms with E-state index in [2.05, 4.69) is 5.32 Å². The highest BCUT2D eigenvalue weighted by molar-refractivity contribution is 7.89. The molecule has 0 aliphatic carbocycles. The molecule has 0 saturated heterocycles. The van der Waals surface area contributed by atoms with Crippen molar-refractivity contribution in [3.8, 4) is 0 Å². The number of hydrogen-bond donors (Lipinski definition) is 1. The second-order valence-electron chi connectivity index (χ2n) is 6.99. The van der Waals surface area contributed by atoms with Gasteiger partial charge in [-0.05, 0) is 60.0 Å². The van der Waals surface area contributed by atoms with Gasteiger partial charge in [0, 0.05) is 17.3 Å². The molecule has 0 spiro atoms. The maximum absolute atomic E-state index is 13.5. The summed E-state index contributed by atoms with van der Waals surface area (Å²) in [6.45, 7) is 0.0579. The Morgan fingerprint density at radius 2 is 1.70 bits per heavy atom. The summed E-state index contributed by atoms with van der Waals surface area (Å²) >= 11 is 5.89. The van der Waals surface area contributed by atoms with Crippen molar-refractivity contribution in [1.82, 2.24) is 4.31 Å². The molecule has 0 unspecified atom stereocenters. The number of nitrogens with zero attached hydrogens (tertiary/aromatic N) is 1. The van der Waals surface area contributed by atoms with E-state index >= 15 is 0 Å². The van der Waals surface area contributed by atoms with Crippen molar-refractivity contribution in [3.63, 3.8) is 0 Å². The van der Waals surface area contributed by atoms with Gasteiger partial charge >= 0.3 is 0 Å². The van der Waals surface area contributed by atoms with E-state index in [0.29, 0.717) is 5.02 Å². The molecule has 5 nitrogen and oxygen atoms in total. The van der Waals surface area contributed by atoms with E-state index in [9.17, 15) is 17.6 Å². The average molecular weight is 445 g/mol. The third-order valence-corrected chi connectivity index (χ3v) is 7.14. The maximum atomic E-state index is 13.5. The highest BCUT2D eigenvalue weighted by atomic mass is 35.5. The van der Waals surface area contributed by atoms with Crippen LogP contribution in [-0.4, -0.2) is 24.7 Å². The summed E-state index contributed by atoms with van der Waals surface area (Å²) in [5, 5.41) is 3.05. The van der Waals surface area contributed by atoms with Crippen molar-refractivity contribution in [2.24, 2.45) is 0 Å². The van der Waals surface area contributed by atoms with Crippen LogP contribution in [0, 0.1) is 5.82 Å². The van der Waals surface area contributed by atoms with Crippen molar-refractivity contribution >= 4 is 33.2 Å². The minimum Gasteiger partial charge on any atom is -0.325 e. The van der Waals surface area contributed by atoms with Crippen LogP contribution in [0.3, 0.4) is 0 Å². The molecular formula is C22H18ClFN2O3S. The van der Waals surface area contributed by atoms with E-state index in [1.54, 1.807) is 6.07 Å². The van der Waals surface area contributed by atoms with Gasteiger partial charge in [0.1, 0.15) is 11.9 Å². The van der Waals surface area contributed by atoms with Gasteiger partial charge in [0.2, 0.25) is 15.9 Å². The number of rotatable bonds is 4. The molecule has 0 bridgehead atoms. The Balaban J connectivity index is 1.71. The summed E-state index contributed by atoms with van der Waals surface area (Å²) in [6.07, 6.45) is 0.212. The zero-order valence-corrected chi connectivity index (χ0v) is 17.3. The molecule has 1 N–H and O–H groups in total. The summed E-state index contributed by atoms with van der Waals surface area (Å²) in [5.74, 6) is -1.01. The molecule has 1 aliphatic heterocycles. The van der Waals surface area contributed by atoms with Crippen molar-refractivity contribution in [2.75, 3.05) is 5.32 Å². The van der Waals surface area contributed by atoms with Gasteiger partial charge in [0.25, 0.3) is 0 Å². The molecule has 8 heteroatoms. The lowest BCUT2D eigenvalue weighted by Crippen LogP contribution is -2.50. The zero-order valence-electron chi connectivity index (χ0n) is 15.8. The molecule has 0 fully saturated rings. The fourth-order valence-corrected chi connectivity index (χ4v) is 5.20. The van der Waals surface area contributed by atoms with Crippen LogP contribution in [0.4, 0.5) is 10.1 Å². The van der Waals surface area contributed by atoms with E-state index in [1.807, 2.05) is 24.3 Å². The van der Waals surface area contributed by atoms with Gasteiger partial charge in [0.15, 0.2) is 0 Å². The Morgan fingerprint density at radius 1 is 1.00 bits per heavy atom. The molecule has 1 heterocycles. The number of sulfonamides is 1. The largest absolute Gasteiger partial charge is 0.325 e. The molecule has 3 aromatic rings. The standard InChI is InChI=1S/C22H18ClFN2O3S/c23-17-8-10-20(11-9-17)30(28,29)26-14-16-5-2-1-4-15(16)12-21(26)22(27)25-19-7-3-6-18(24)13-19/h1-11,13,21H,12,14H2,(H,25,27)/t21-/m1/s1. The Kier molecular flexibility index (Phi) is 5.60. The number of nitrogens with one attached hydrogen (secondary N) is 1. The minimum absolute atomic E-state index is 0.0508. The molecule has 3 aromatic carbocycles. The monoisotopic (exact) mass is 444 g/mol. The highest BCUT2D eigenvalue weighted by Gasteiger charge is 2.39. The van der Waals surface area contributed by atoms with Gasteiger partial charge in [-0.25, -0.2) is 12.8 Å². The second kappa shape index (κ2) is 8.18. The Bertz CT molecular complexity index is 1200. The Hall–Kier alpha value is -2.74. The van der Waals surface area contributed by atoms with Crippen LogP contribution in [-0.2, 0) is 27.8 Å². The molecule has 0 saturated carbocycles. The van der Waals surface area contributed by atoms with Crippen LogP contribution >= 0.6 is 11.6 Å². The number of fused-ring (bicyclic) bond motifs is 1. The normalized spacial score (nSPS) is 16.7. The fourth-order valence-electron chi connectivity index (χ4n) is 3.51. The summed E-state index contributed by atoms with van der Waals surface area (Å²) in [5.41, 5.74) is 2.01. The van der Waals surface area contributed by atoms with Crippen LogP contribution in [0.1, 0.15) is 11.1 Å². The van der Waals surface area contributed by atoms with Crippen molar-refractivity contribution in [2.45, 2.75) is 23.9 Å². The average Bonchev–Trinajstić information content (AvgIpc) is 2.73. The summed E-state index contributed by atoms with van der Waals surface area (Å²) in [7, 11) is -3.98. The third-order valence-electron chi connectivity index (χ3n) is 5.02. The third kappa shape index (κ3) is 4.09. The van der Waals surface area contributed by atoms with Gasteiger partial charge in [0.05, 0.1) is 4.90 Å². The highest BCUT2D eigenvalue weighted by Crippen LogP contribution is 2.30. The maximum Gasteiger partial charge on any atom is 0.244 e. The lowest BCUT2D eigenvalue weighted by molar-refractivity contribution is -0.120. The lowest BCUT2D eigenvalue weighted by Gasteiger charge is -2.35. The predicted molar refractivity (Wildman–Crippen MR) is 113 cm³/mol. The quantitative estimate of drug-likeness (QED) is 0.654. The molecule has 4 rings (SSSR count). The van der Waals surface area contributed by atoms with Crippen LogP contribution in [0.5, 0.6) is 0 Å². The van der Waals surface area contributed by atoms with Gasteiger partial charge in [-0.3, -0.25) is 4.79 Å². The number of anilines is 1. The second-order valence-corrected chi connectivity index (χ2v) is 9.32. The van der Waals surface area contributed by atoms with Crippen LogP contribution in [0.15, 0.2) is 77.7 Å². The van der Waals surface area contributed by atoms with Crippen molar-refractivity contribution in [1.29, 1.82) is 0 Å². The van der Waals surface area contributed by atoms with Crippen molar-refractivity contribution < 1.29 is 17.6 Å². The molecule has 1 aliphatic rings. The van der Waals surface area contributed by atoms with Gasteiger partial charge in [-0.15, -0.1) is 0 Å². The molecule has 154 valence electrons. The summed E-state index contributed by atoms with van der Waals surface area (Å²) in [4.78, 5) is 13.1. The van der Waals surface area contributed by atoms with E-state index in [1.165, 1.54) is 46.8 Å².